The summed E-state index contributed by atoms with van der Waals surface area (Å²) in [4.78, 5) is 15.1. The predicted octanol–water partition coefficient (Wildman–Crippen LogP) is 13.3. The highest BCUT2D eigenvalue weighted by Gasteiger charge is 2.16. The third-order valence-electron chi connectivity index (χ3n) is 10.3. The molecule has 3 heteroatoms. The van der Waals surface area contributed by atoms with Crippen LogP contribution >= 0.6 is 0 Å². The van der Waals surface area contributed by atoms with E-state index in [0.717, 1.165) is 61.3 Å². The third-order valence-corrected chi connectivity index (χ3v) is 10.3. The second-order valence-corrected chi connectivity index (χ2v) is 13.7. The molecule has 0 fully saturated rings. The quantitative estimate of drug-likeness (QED) is 0.163. The summed E-state index contributed by atoms with van der Waals surface area (Å²) in [6.45, 7) is 0. The summed E-state index contributed by atoms with van der Waals surface area (Å²) in [5.74, 6) is 0.679. The average Bonchev–Trinajstić information content (AvgIpc) is 3.26. The molecule has 0 aliphatic rings. The fourth-order valence-electron chi connectivity index (χ4n) is 7.67. The Labute approximate surface area is 313 Å². The van der Waals surface area contributed by atoms with Crippen molar-refractivity contribution in [2.24, 2.45) is 0 Å². The standard InChI is InChI=1S/C51H33N3/c1-3-14-34(15-4-1)49-31-50(35-16-5-2-6-17-35)54-51(53-49)42-28-40(36-20-13-21-37(26-36)48-33-52-32-39-19-8-10-23-44(39)48)27-41(29-42)47-30-38-18-7-9-22-43(38)45-24-11-12-25-46(45)47/h1-33H. The Morgan fingerprint density at radius 2 is 0.815 bits per heavy atom. The Bertz CT molecular complexity index is 2930. The number of hydrogen-bond donors (Lipinski definition) is 0. The largest absolute Gasteiger partial charge is 0.263 e. The molecule has 0 bridgehead atoms. The molecule has 0 saturated carbocycles. The monoisotopic (exact) mass is 687 g/mol. The summed E-state index contributed by atoms with van der Waals surface area (Å²) in [6.07, 6.45) is 3.90. The summed E-state index contributed by atoms with van der Waals surface area (Å²) >= 11 is 0. The second kappa shape index (κ2) is 13.4. The maximum absolute atomic E-state index is 5.26. The van der Waals surface area contributed by atoms with Crippen LogP contribution in [0.15, 0.2) is 200 Å². The van der Waals surface area contributed by atoms with E-state index in [-0.39, 0.29) is 0 Å². The zero-order valence-electron chi connectivity index (χ0n) is 29.4. The second-order valence-electron chi connectivity index (χ2n) is 13.7. The van der Waals surface area contributed by atoms with Gasteiger partial charge in [0.25, 0.3) is 0 Å². The van der Waals surface area contributed by atoms with Crippen LogP contribution < -0.4 is 0 Å². The third kappa shape index (κ3) is 5.78. The summed E-state index contributed by atoms with van der Waals surface area (Å²) < 4.78 is 0. The molecule has 10 rings (SSSR count). The van der Waals surface area contributed by atoms with Gasteiger partial charge in [0, 0.05) is 40.0 Å². The zero-order valence-corrected chi connectivity index (χ0v) is 29.4. The Hall–Kier alpha value is -7.23. The molecule has 0 N–H and O–H groups in total. The van der Waals surface area contributed by atoms with Crippen molar-refractivity contribution in [2.45, 2.75) is 0 Å². The van der Waals surface area contributed by atoms with E-state index in [1.54, 1.807) is 0 Å². The highest BCUT2D eigenvalue weighted by molar-refractivity contribution is 6.14. The molecule has 0 amide bonds. The SMILES string of the molecule is c1ccc(-c2cc(-c3ccccc3)nc(-c3cc(-c4cccc(-c5cncc6ccccc56)c4)cc(-c4cc5ccccc5c5ccccc45)c3)n2)cc1. The van der Waals surface area contributed by atoms with Crippen LogP contribution in [0.1, 0.15) is 0 Å². The van der Waals surface area contributed by atoms with Gasteiger partial charge in [0.15, 0.2) is 5.82 Å². The van der Waals surface area contributed by atoms with Crippen molar-refractivity contribution in [1.29, 1.82) is 0 Å². The van der Waals surface area contributed by atoms with Crippen LogP contribution in [0.25, 0.3) is 99.6 Å². The van der Waals surface area contributed by atoms with Gasteiger partial charge in [0.05, 0.1) is 11.4 Å². The summed E-state index contributed by atoms with van der Waals surface area (Å²) in [5, 5.41) is 7.20. The minimum absolute atomic E-state index is 0.679. The molecule has 10 aromatic rings. The Morgan fingerprint density at radius 3 is 1.56 bits per heavy atom. The first kappa shape index (κ1) is 31.5. The fourth-order valence-corrected chi connectivity index (χ4v) is 7.67. The molecule has 54 heavy (non-hydrogen) atoms. The molecule has 0 atom stereocenters. The van der Waals surface area contributed by atoms with E-state index in [0.29, 0.717) is 5.82 Å². The Balaban J connectivity index is 1.23. The van der Waals surface area contributed by atoms with Crippen LogP contribution in [0.3, 0.4) is 0 Å². The minimum atomic E-state index is 0.679. The molecule has 0 unspecified atom stereocenters. The van der Waals surface area contributed by atoms with Crippen LogP contribution in [0.2, 0.25) is 0 Å². The summed E-state index contributed by atoms with van der Waals surface area (Å²) in [7, 11) is 0. The molecule has 8 aromatic carbocycles. The Kier molecular flexibility index (Phi) is 7.81. The minimum Gasteiger partial charge on any atom is -0.263 e. The number of hydrogen-bond acceptors (Lipinski definition) is 3. The molecular formula is C51H33N3. The van der Waals surface area contributed by atoms with Gasteiger partial charge in [-0.2, -0.15) is 0 Å². The molecule has 0 aliphatic carbocycles. The molecule has 2 aromatic heterocycles. The Morgan fingerprint density at radius 1 is 0.278 bits per heavy atom. The lowest BCUT2D eigenvalue weighted by Crippen LogP contribution is -1.97. The van der Waals surface area contributed by atoms with Gasteiger partial charge in [-0.25, -0.2) is 9.97 Å². The molecule has 2 heterocycles. The van der Waals surface area contributed by atoms with Crippen molar-refractivity contribution < 1.29 is 0 Å². The van der Waals surface area contributed by atoms with E-state index < -0.39 is 0 Å². The highest BCUT2D eigenvalue weighted by Crippen LogP contribution is 2.40. The van der Waals surface area contributed by atoms with Gasteiger partial charge in [0.1, 0.15) is 0 Å². The summed E-state index contributed by atoms with van der Waals surface area (Å²) in [6, 6.07) is 66.6. The van der Waals surface area contributed by atoms with E-state index >= 15 is 0 Å². The smallest absolute Gasteiger partial charge is 0.160 e. The van der Waals surface area contributed by atoms with E-state index in [1.165, 1.54) is 32.5 Å². The lowest BCUT2D eigenvalue weighted by Gasteiger charge is -2.16. The van der Waals surface area contributed by atoms with Crippen LogP contribution in [-0.2, 0) is 0 Å². The molecule has 0 saturated heterocycles. The normalized spacial score (nSPS) is 11.3. The van der Waals surface area contributed by atoms with Gasteiger partial charge in [0.2, 0.25) is 0 Å². The maximum atomic E-state index is 5.26. The molecule has 3 nitrogen and oxygen atoms in total. The first-order valence-corrected chi connectivity index (χ1v) is 18.2. The maximum Gasteiger partial charge on any atom is 0.160 e. The van der Waals surface area contributed by atoms with Crippen molar-refractivity contribution in [1.82, 2.24) is 15.0 Å². The van der Waals surface area contributed by atoms with Crippen LogP contribution in [0.4, 0.5) is 0 Å². The molecular weight excluding hydrogens is 655 g/mol. The van der Waals surface area contributed by atoms with E-state index in [4.69, 9.17) is 9.97 Å². The highest BCUT2D eigenvalue weighted by atomic mass is 14.9. The van der Waals surface area contributed by atoms with Gasteiger partial charge in [-0.3, -0.25) is 4.98 Å². The topological polar surface area (TPSA) is 38.7 Å². The summed E-state index contributed by atoms with van der Waals surface area (Å²) in [5.41, 5.74) is 11.5. The predicted molar refractivity (Wildman–Crippen MR) is 225 cm³/mol. The number of rotatable bonds is 6. The van der Waals surface area contributed by atoms with Gasteiger partial charge in [-0.05, 0) is 91.1 Å². The van der Waals surface area contributed by atoms with Crippen LogP contribution in [0, 0.1) is 0 Å². The van der Waals surface area contributed by atoms with E-state index in [9.17, 15) is 0 Å². The lowest BCUT2D eigenvalue weighted by atomic mass is 9.89. The number of pyridine rings is 1. The van der Waals surface area contributed by atoms with Gasteiger partial charge >= 0.3 is 0 Å². The fraction of sp³-hybridized carbons (Fsp3) is 0. The van der Waals surface area contributed by atoms with E-state index in [1.807, 2.05) is 24.5 Å². The van der Waals surface area contributed by atoms with Gasteiger partial charge in [-0.1, -0.05) is 152 Å². The van der Waals surface area contributed by atoms with Crippen LogP contribution in [-0.4, -0.2) is 15.0 Å². The van der Waals surface area contributed by atoms with Crippen molar-refractivity contribution in [3.8, 4) is 67.3 Å². The zero-order chi connectivity index (χ0) is 35.8. The molecule has 0 aliphatic heterocycles. The van der Waals surface area contributed by atoms with Crippen molar-refractivity contribution in [2.75, 3.05) is 0 Å². The molecule has 252 valence electrons. The van der Waals surface area contributed by atoms with Crippen molar-refractivity contribution in [3.63, 3.8) is 0 Å². The van der Waals surface area contributed by atoms with Gasteiger partial charge < -0.3 is 0 Å². The van der Waals surface area contributed by atoms with Crippen LogP contribution in [0.5, 0.6) is 0 Å². The average molecular weight is 688 g/mol. The first-order valence-electron chi connectivity index (χ1n) is 18.2. The molecule has 0 radical (unpaired) electrons. The van der Waals surface area contributed by atoms with Crippen molar-refractivity contribution >= 4 is 32.3 Å². The van der Waals surface area contributed by atoms with Gasteiger partial charge in [-0.15, -0.1) is 0 Å². The molecule has 0 spiro atoms. The first-order chi connectivity index (χ1) is 26.7. The van der Waals surface area contributed by atoms with Crippen molar-refractivity contribution in [3.05, 3.63) is 200 Å². The lowest BCUT2D eigenvalue weighted by molar-refractivity contribution is 1.18. The van der Waals surface area contributed by atoms with E-state index in [2.05, 4.69) is 181 Å². The number of fused-ring (bicyclic) bond motifs is 4. The number of aromatic nitrogens is 3. The number of benzene rings is 8. The number of nitrogens with zero attached hydrogens (tertiary/aromatic N) is 3.